The molecule has 1 unspecified atom stereocenters. The number of carbonyl (C=O) groups is 3. The molecule has 0 aliphatic carbocycles. The minimum atomic E-state index is -0.171. The quantitative estimate of drug-likeness (QED) is 0.328. The molecule has 4 amide bonds. The summed E-state index contributed by atoms with van der Waals surface area (Å²) in [5, 5.41) is 2.86. The van der Waals surface area contributed by atoms with Gasteiger partial charge in [0.05, 0.1) is 0 Å². The molecule has 0 aromatic rings. The average molecular weight is 393 g/mol. The van der Waals surface area contributed by atoms with Gasteiger partial charge in [-0.1, -0.05) is 29.5 Å². The molecule has 2 fully saturated rings. The van der Waals surface area contributed by atoms with Crippen LogP contribution in [0.3, 0.4) is 0 Å². The van der Waals surface area contributed by atoms with E-state index in [0.717, 1.165) is 25.9 Å². The van der Waals surface area contributed by atoms with Gasteiger partial charge in [0.1, 0.15) is 0 Å². The van der Waals surface area contributed by atoms with Crippen LogP contribution < -0.4 is 5.32 Å². The van der Waals surface area contributed by atoms with Crippen molar-refractivity contribution in [2.24, 2.45) is 5.92 Å². The third-order valence-electron chi connectivity index (χ3n) is 3.68. The number of likely N-dealkylation sites (tertiary alicyclic amines) is 2. The maximum Gasteiger partial charge on any atom is 0.317 e. The number of nitrogens with one attached hydrogen (secondary N) is 1. The monoisotopic (exact) mass is 393 g/mol. The van der Waals surface area contributed by atoms with Crippen molar-refractivity contribution < 1.29 is 14.4 Å². The van der Waals surface area contributed by atoms with Crippen molar-refractivity contribution in [1.82, 2.24) is 15.1 Å². The highest BCUT2D eigenvalue weighted by molar-refractivity contribution is 14.1. The van der Waals surface area contributed by atoms with Crippen molar-refractivity contribution >= 4 is 40.4 Å². The molecule has 0 saturated carbocycles. The predicted octanol–water partition coefficient (Wildman–Crippen LogP) is 0.990. The van der Waals surface area contributed by atoms with Crippen LogP contribution in [0.4, 0.5) is 4.79 Å². The number of imide groups is 1. The first-order valence-corrected chi connectivity index (χ1v) is 8.24. The molecule has 2 aliphatic rings. The molecule has 2 rings (SSSR count). The summed E-state index contributed by atoms with van der Waals surface area (Å²) in [5.41, 5.74) is 0. The SMILES string of the molecule is CC1CC(=O)N(CCCCNC(=O)N2CC(I)C2)C1=O. The summed E-state index contributed by atoms with van der Waals surface area (Å²) in [6, 6.07) is -0.0140. The predicted molar refractivity (Wildman–Crippen MR) is 82.5 cm³/mol. The highest BCUT2D eigenvalue weighted by atomic mass is 127. The highest BCUT2D eigenvalue weighted by Crippen LogP contribution is 2.19. The summed E-state index contributed by atoms with van der Waals surface area (Å²) in [6.07, 6.45) is 1.85. The molecule has 112 valence electrons. The van der Waals surface area contributed by atoms with Crippen LogP contribution in [0.25, 0.3) is 0 Å². The van der Waals surface area contributed by atoms with E-state index in [1.807, 2.05) is 0 Å². The number of urea groups is 1. The Labute approximate surface area is 132 Å². The Bertz CT molecular complexity index is 410. The largest absolute Gasteiger partial charge is 0.338 e. The van der Waals surface area contributed by atoms with Gasteiger partial charge in [0.25, 0.3) is 0 Å². The second-order valence-electron chi connectivity index (χ2n) is 5.43. The molecule has 0 aromatic carbocycles. The Morgan fingerprint density at radius 1 is 1.35 bits per heavy atom. The van der Waals surface area contributed by atoms with Crippen molar-refractivity contribution in [2.45, 2.75) is 30.1 Å². The molecule has 20 heavy (non-hydrogen) atoms. The zero-order valence-electron chi connectivity index (χ0n) is 11.6. The van der Waals surface area contributed by atoms with Crippen LogP contribution >= 0.6 is 22.6 Å². The highest BCUT2D eigenvalue weighted by Gasteiger charge is 2.34. The van der Waals surface area contributed by atoms with E-state index in [1.165, 1.54) is 4.90 Å². The first-order chi connectivity index (χ1) is 9.49. The van der Waals surface area contributed by atoms with Crippen LogP contribution in [-0.2, 0) is 9.59 Å². The summed E-state index contributed by atoms with van der Waals surface area (Å²) in [4.78, 5) is 38.0. The first-order valence-electron chi connectivity index (χ1n) is 7.00. The van der Waals surface area contributed by atoms with Crippen molar-refractivity contribution in [3.8, 4) is 0 Å². The number of amides is 4. The Hall–Kier alpha value is -0.860. The number of rotatable bonds is 5. The van der Waals surface area contributed by atoms with Gasteiger partial charge >= 0.3 is 6.03 Å². The van der Waals surface area contributed by atoms with E-state index in [1.54, 1.807) is 11.8 Å². The second-order valence-corrected chi connectivity index (χ2v) is 7.19. The van der Waals surface area contributed by atoms with Gasteiger partial charge in [0, 0.05) is 42.4 Å². The first kappa shape index (κ1) is 15.5. The number of unbranched alkanes of at least 4 members (excludes halogenated alkanes) is 1. The zero-order valence-corrected chi connectivity index (χ0v) is 13.8. The van der Waals surface area contributed by atoms with Crippen LogP contribution in [0, 0.1) is 5.92 Å². The molecule has 2 saturated heterocycles. The normalized spacial score (nSPS) is 23.2. The van der Waals surface area contributed by atoms with Crippen molar-refractivity contribution in [3.63, 3.8) is 0 Å². The minimum absolute atomic E-state index is 0.0140. The van der Waals surface area contributed by atoms with E-state index in [4.69, 9.17) is 0 Å². The van der Waals surface area contributed by atoms with Crippen LogP contribution in [0.1, 0.15) is 26.2 Å². The fourth-order valence-corrected chi connectivity index (χ4v) is 3.33. The summed E-state index contributed by atoms with van der Waals surface area (Å²) in [5.74, 6) is -0.303. The van der Waals surface area contributed by atoms with E-state index in [-0.39, 0.29) is 23.8 Å². The van der Waals surface area contributed by atoms with Gasteiger partial charge in [-0.3, -0.25) is 14.5 Å². The Balaban J connectivity index is 1.57. The zero-order chi connectivity index (χ0) is 14.7. The lowest BCUT2D eigenvalue weighted by Gasteiger charge is -2.35. The third kappa shape index (κ3) is 3.62. The van der Waals surface area contributed by atoms with Gasteiger partial charge in [-0.2, -0.15) is 0 Å². The summed E-state index contributed by atoms with van der Waals surface area (Å²) in [7, 11) is 0. The maximum absolute atomic E-state index is 11.7. The molecular formula is C13H20IN3O3. The molecule has 0 spiro atoms. The van der Waals surface area contributed by atoms with Gasteiger partial charge in [-0.25, -0.2) is 4.79 Å². The molecule has 0 aromatic heterocycles. The third-order valence-corrected chi connectivity index (χ3v) is 4.47. The van der Waals surface area contributed by atoms with Gasteiger partial charge < -0.3 is 10.2 Å². The molecule has 1 atom stereocenters. The van der Waals surface area contributed by atoms with Crippen molar-refractivity contribution in [2.75, 3.05) is 26.2 Å². The Kier molecular flexibility index (Phi) is 5.22. The summed E-state index contributed by atoms with van der Waals surface area (Å²) >= 11 is 2.33. The van der Waals surface area contributed by atoms with E-state index >= 15 is 0 Å². The van der Waals surface area contributed by atoms with E-state index in [9.17, 15) is 14.4 Å². The molecule has 2 aliphatic heterocycles. The average Bonchev–Trinajstić information content (AvgIpc) is 2.60. The lowest BCUT2D eigenvalue weighted by Crippen LogP contribution is -2.54. The van der Waals surface area contributed by atoms with Crippen molar-refractivity contribution in [3.05, 3.63) is 0 Å². The molecule has 6 nitrogen and oxygen atoms in total. The number of halogens is 1. The van der Waals surface area contributed by atoms with E-state index < -0.39 is 0 Å². The summed E-state index contributed by atoms with van der Waals surface area (Å²) in [6.45, 7) is 4.49. The summed E-state index contributed by atoms with van der Waals surface area (Å²) < 4.78 is 0.576. The van der Waals surface area contributed by atoms with Crippen LogP contribution in [0.5, 0.6) is 0 Å². The Morgan fingerprint density at radius 2 is 2.05 bits per heavy atom. The molecule has 1 N–H and O–H groups in total. The lowest BCUT2D eigenvalue weighted by molar-refractivity contribution is -0.139. The van der Waals surface area contributed by atoms with Crippen LogP contribution in [0.2, 0.25) is 0 Å². The smallest absolute Gasteiger partial charge is 0.317 e. The van der Waals surface area contributed by atoms with Gasteiger partial charge in [0.2, 0.25) is 11.8 Å². The number of hydrogen-bond acceptors (Lipinski definition) is 3. The van der Waals surface area contributed by atoms with Gasteiger partial charge in [0.15, 0.2) is 0 Å². The Morgan fingerprint density at radius 3 is 2.60 bits per heavy atom. The number of carbonyl (C=O) groups excluding carboxylic acids is 3. The maximum atomic E-state index is 11.7. The minimum Gasteiger partial charge on any atom is -0.338 e. The standard InChI is InChI=1S/C13H20IN3O3/c1-9-6-11(18)17(12(9)19)5-3-2-4-15-13(20)16-7-10(14)8-16/h9-10H,2-8H2,1H3,(H,15,20). The van der Waals surface area contributed by atoms with Crippen LogP contribution in [-0.4, -0.2) is 57.7 Å². The molecule has 7 heteroatoms. The number of hydrogen-bond donors (Lipinski definition) is 1. The molecule has 2 heterocycles. The number of alkyl halides is 1. The van der Waals surface area contributed by atoms with E-state index in [0.29, 0.717) is 23.4 Å². The van der Waals surface area contributed by atoms with Gasteiger partial charge in [-0.05, 0) is 12.8 Å². The number of nitrogens with zero attached hydrogens (tertiary/aromatic N) is 2. The molecule has 0 bridgehead atoms. The second kappa shape index (κ2) is 6.73. The molecular weight excluding hydrogens is 373 g/mol. The van der Waals surface area contributed by atoms with Crippen LogP contribution in [0.15, 0.2) is 0 Å². The van der Waals surface area contributed by atoms with Crippen molar-refractivity contribution in [1.29, 1.82) is 0 Å². The molecule has 0 radical (unpaired) electrons. The topological polar surface area (TPSA) is 69.7 Å². The fraction of sp³-hybridized carbons (Fsp3) is 0.769. The van der Waals surface area contributed by atoms with Gasteiger partial charge in [-0.15, -0.1) is 0 Å². The van der Waals surface area contributed by atoms with E-state index in [2.05, 4.69) is 27.9 Å². The lowest BCUT2D eigenvalue weighted by atomic mass is 10.1. The fourth-order valence-electron chi connectivity index (χ4n) is 2.38.